The summed E-state index contributed by atoms with van der Waals surface area (Å²) in [4.78, 5) is 34.6. The van der Waals surface area contributed by atoms with E-state index in [9.17, 15) is 9.59 Å². The van der Waals surface area contributed by atoms with Crippen molar-refractivity contribution in [1.29, 1.82) is 0 Å². The molecule has 194 valence electrons. The normalized spacial score (nSPS) is 15.1. The molecule has 0 unspecified atom stereocenters. The molecule has 0 fully saturated rings. The van der Waals surface area contributed by atoms with Gasteiger partial charge in [0.15, 0.2) is 0 Å². The number of hydrogen-bond acceptors (Lipinski definition) is 5. The molecule has 0 bridgehead atoms. The largest absolute Gasteiger partial charge is 0.321 e. The van der Waals surface area contributed by atoms with Gasteiger partial charge in [-0.05, 0) is 42.7 Å². The highest BCUT2D eigenvalue weighted by atomic mass is 35.5. The topological polar surface area (TPSA) is 78.4 Å². The van der Waals surface area contributed by atoms with Crippen LogP contribution in [0.15, 0.2) is 93.6 Å². The maximum absolute atomic E-state index is 13.7. The number of benzene rings is 3. The van der Waals surface area contributed by atoms with Gasteiger partial charge in [-0.15, -0.1) is 11.3 Å². The Morgan fingerprint density at radius 3 is 2.56 bits per heavy atom. The van der Waals surface area contributed by atoms with Gasteiger partial charge >= 0.3 is 0 Å². The first kappa shape index (κ1) is 25.2. The Morgan fingerprint density at radius 1 is 1.05 bits per heavy atom. The van der Waals surface area contributed by atoms with Gasteiger partial charge in [0.05, 0.1) is 28.5 Å². The number of pyridine rings is 1. The van der Waals surface area contributed by atoms with Crippen LogP contribution in [-0.2, 0) is 11.2 Å². The van der Waals surface area contributed by atoms with Crippen LogP contribution >= 0.6 is 22.9 Å². The minimum absolute atomic E-state index is 0.103. The zero-order chi connectivity index (χ0) is 26.9. The molecule has 1 aliphatic rings. The van der Waals surface area contributed by atoms with E-state index >= 15 is 0 Å². The van der Waals surface area contributed by atoms with Crippen LogP contribution in [0.1, 0.15) is 41.3 Å². The quantitative estimate of drug-likeness (QED) is 0.248. The Kier molecular flexibility index (Phi) is 6.85. The van der Waals surface area contributed by atoms with E-state index in [0.717, 1.165) is 38.9 Å². The highest BCUT2D eigenvalue weighted by molar-refractivity contribution is 7.07. The van der Waals surface area contributed by atoms with Crippen LogP contribution < -0.4 is 5.56 Å². The number of H-pyrrole nitrogens is 1. The van der Waals surface area contributed by atoms with Crippen molar-refractivity contribution in [3.63, 3.8) is 0 Å². The number of amides is 1. The SMILES string of the molecule is Cc1ccc([C@@H]2CC(c3c(-c4ccc(Cl)cc4)c4ccccc4[nH]c3=O)=NN2C(=O)CCc2cscn2)cc1. The van der Waals surface area contributed by atoms with Gasteiger partial charge in [-0.1, -0.05) is 71.8 Å². The Balaban J connectivity index is 1.48. The van der Waals surface area contributed by atoms with E-state index in [2.05, 4.69) is 9.97 Å². The van der Waals surface area contributed by atoms with Crippen LogP contribution in [0.2, 0.25) is 5.02 Å². The molecule has 1 aliphatic heterocycles. The molecule has 0 radical (unpaired) electrons. The van der Waals surface area contributed by atoms with E-state index in [1.807, 2.05) is 85.1 Å². The molecule has 0 aliphatic carbocycles. The van der Waals surface area contributed by atoms with E-state index < -0.39 is 0 Å². The molecule has 1 N–H and O–H groups in total. The van der Waals surface area contributed by atoms with Crippen molar-refractivity contribution in [2.75, 3.05) is 0 Å². The molecule has 5 aromatic rings. The average molecular weight is 553 g/mol. The third-order valence-electron chi connectivity index (χ3n) is 7.05. The molecule has 0 spiro atoms. The van der Waals surface area contributed by atoms with E-state index in [4.69, 9.17) is 16.7 Å². The highest BCUT2D eigenvalue weighted by Crippen LogP contribution is 2.37. The van der Waals surface area contributed by atoms with Crippen LogP contribution in [0.5, 0.6) is 0 Å². The van der Waals surface area contributed by atoms with Gasteiger partial charge in [-0.25, -0.2) is 9.99 Å². The van der Waals surface area contributed by atoms with E-state index in [0.29, 0.717) is 29.1 Å². The third kappa shape index (κ3) is 5.03. The number of rotatable bonds is 6. The average Bonchev–Trinajstić information content (AvgIpc) is 3.63. The molecule has 3 heterocycles. The number of hydrogen-bond donors (Lipinski definition) is 1. The van der Waals surface area contributed by atoms with Gasteiger partial charge in [-0.2, -0.15) is 5.10 Å². The minimum atomic E-state index is -0.313. The lowest BCUT2D eigenvalue weighted by Gasteiger charge is -2.22. The Hall–Kier alpha value is -4.07. The number of aryl methyl sites for hydroxylation is 2. The molecule has 0 saturated carbocycles. The summed E-state index contributed by atoms with van der Waals surface area (Å²) >= 11 is 7.71. The zero-order valence-corrected chi connectivity index (χ0v) is 22.8. The molecule has 3 aromatic carbocycles. The number of halogens is 1. The van der Waals surface area contributed by atoms with E-state index in [1.54, 1.807) is 10.5 Å². The van der Waals surface area contributed by atoms with Crippen LogP contribution in [-0.4, -0.2) is 26.6 Å². The number of aromatic nitrogens is 2. The second kappa shape index (κ2) is 10.6. The number of fused-ring (bicyclic) bond motifs is 1. The number of aromatic amines is 1. The Morgan fingerprint density at radius 2 is 1.82 bits per heavy atom. The summed E-state index contributed by atoms with van der Waals surface area (Å²) in [6.07, 6.45) is 1.24. The maximum Gasteiger partial charge on any atom is 0.258 e. The van der Waals surface area contributed by atoms with Crippen LogP contribution in [0.3, 0.4) is 0 Å². The Bertz CT molecular complexity index is 1740. The summed E-state index contributed by atoms with van der Waals surface area (Å²) in [7, 11) is 0. The van der Waals surface area contributed by atoms with Crippen LogP contribution in [0.25, 0.3) is 22.0 Å². The van der Waals surface area contributed by atoms with Gasteiger partial charge < -0.3 is 4.98 Å². The van der Waals surface area contributed by atoms with Gasteiger partial charge in [0.1, 0.15) is 0 Å². The first-order chi connectivity index (χ1) is 19.0. The van der Waals surface area contributed by atoms with Gasteiger partial charge in [-0.3, -0.25) is 9.59 Å². The fourth-order valence-corrected chi connectivity index (χ4v) is 5.80. The van der Waals surface area contributed by atoms with Crippen molar-refractivity contribution in [2.45, 2.75) is 32.2 Å². The molecule has 6 rings (SSSR count). The molecular weight excluding hydrogens is 528 g/mol. The van der Waals surface area contributed by atoms with Crippen molar-refractivity contribution >= 4 is 45.5 Å². The maximum atomic E-state index is 13.7. The molecule has 0 saturated heterocycles. The highest BCUT2D eigenvalue weighted by Gasteiger charge is 2.35. The summed E-state index contributed by atoms with van der Waals surface area (Å²) in [5.41, 5.74) is 7.97. The number of carbonyl (C=O) groups is 1. The number of thiazole rings is 1. The first-order valence-electron chi connectivity index (χ1n) is 12.7. The number of nitrogens with one attached hydrogen (secondary N) is 1. The fourth-order valence-electron chi connectivity index (χ4n) is 5.08. The Labute approximate surface area is 234 Å². The zero-order valence-electron chi connectivity index (χ0n) is 21.2. The van der Waals surface area contributed by atoms with Crippen LogP contribution in [0, 0.1) is 6.92 Å². The lowest BCUT2D eigenvalue weighted by molar-refractivity contribution is -0.133. The number of nitrogens with zero attached hydrogens (tertiary/aromatic N) is 3. The van der Waals surface area contributed by atoms with Crippen molar-refractivity contribution in [2.24, 2.45) is 5.10 Å². The summed E-state index contributed by atoms with van der Waals surface area (Å²) in [6.45, 7) is 2.03. The van der Waals surface area contributed by atoms with Crippen molar-refractivity contribution in [3.05, 3.63) is 121 Å². The summed E-state index contributed by atoms with van der Waals surface area (Å²) in [5.74, 6) is -0.103. The number of hydrazone groups is 1. The monoisotopic (exact) mass is 552 g/mol. The number of para-hydroxylation sites is 1. The molecule has 2 aromatic heterocycles. The second-order valence-electron chi connectivity index (χ2n) is 9.65. The lowest BCUT2D eigenvalue weighted by Crippen LogP contribution is -2.27. The van der Waals surface area contributed by atoms with Crippen molar-refractivity contribution < 1.29 is 4.79 Å². The summed E-state index contributed by atoms with van der Waals surface area (Å²) < 4.78 is 0. The molecule has 6 nitrogen and oxygen atoms in total. The van der Waals surface area contributed by atoms with Gasteiger partial charge in [0.2, 0.25) is 5.91 Å². The predicted molar refractivity (Wildman–Crippen MR) is 157 cm³/mol. The number of carbonyl (C=O) groups excluding carboxylic acids is 1. The van der Waals surface area contributed by atoms with Crippen LogP contribution in [0.4, 0.5) is 0 Å². The van der Waals surface area contributed by atoms with Crippen molar-refractivity contribution in [3.8, 4) is 11.1 Å². The summed E-state index contributed by atoms with van der Waals surface area (Å²) in [6, 6.07) is 23.0. The third-order valence-corrected chi connectivity index (χ3v) is 7.94. The van der Waals surface area contributed by atoms with E-state index in [1.165, 1.54) is 11.3 Å². The standard InChI is InChI=1S/C31H25ClN4O2S/c1-19-6-8-20(9-7-19)27-16-26(35-36(27)28(37)15-14-23-17-39-18-33-23)30-29(21-10-12-22(32)13-11-21)24-4-2-3-5-25(24)34-31(30)38/h2-13,17-18,27H,14-16H2,1H3,(H,34,38)/t27-/m0/s1. The summed E-state index contributed by atoms with van der Waals surface area (Å²) in [5, 5.41) is 9.88. The molecule has 1 atom stereocenters. The smallest absolute Gasteiger partial charge is 0.258 e. The van der Waals surface area contributed by atoms with Crippen molar-refractivity contribution in [1.82, 2.24) is 15.0 Å². The fraction of sp³-hybridized carbons (Fsp3) is 0.161. The van der Waals surface area contributed by atoms with Gasteiger partial charge in [0.25, 0.3) is 5.56 Å². The molecular formula is C31H25ClN4O2S. The first-order valence-corrected chi connectivity index (χ1v) is 14.0. The predicted octanol–water partition coefficient (Wildman–Crippen LogP) is 6.92. The lowest BCUT2D eigenvalue weighted by atomic mass is 9.91. The minimum Gasteiger partial charge on any atom is -0.321 e. The van der Waals surface area contributed by atoms with Gasteiger partial charge in [0, 0.05) is 39.7 Å². The van der Waals surface area contributed by atoms with E-state index in [-0.39, 0.29) is 23.9 Å². The molecule has 39 heavy (non-hydrogen) atoms. The molecule has 8 heteroatoms. The molecule has 1 amide bonds. The second-order valence-corrected chi connectivity index (χ2v) is 10.8.